The van der Waals surface area contributed by atoms with Crippen molar-refractivity contribution in [3.8, 4) is 0 Å². The topological polar surface area (TPSA) is 84.3 Å². The second-order valence-corrected chi connectivity index (χ2v) is 4.34. The van der Waals surface area contributed by atoms with Gasteiger partial charge in [-0.05, 0) is 13.3 Å². The van der Waals surface area contributed by atoms with E-state index < -0.39 is 23.6 Å². The van der Waals surface area contributed by atoms with Crippen LogP contribution in [0.15, 0.2) is 15.8 Å². The SMILES string of the molecule is CC[C@@H]1CC(O)[C@H](n2cc(C)c(=O)[nH]c2=O)O1. The maximum Gasteiger partial charge on any atom is 0.330 e. The summed E-state index contributed by atoms with van der Waals surface area (Å²) in [7, 11) is 0. The Hall–Kier alpha value is -1.40. The van der Waals surface area contributed by atoms with E-state index in [1.807, 2.05) is 6.92 Å². The van der Waals surface area contributed by atoms with E-state index in [4.69, 9.17) is 4.74 Å². The van der Waals surface area contributed by atoms with Crippen LogP contribution in [0.5, 0.6) is 0 Å². The fourth-order valence-corrected chi connectivity index (χ4v) is 2.02. The number of hydrogen-bond acceptors (Lipinski definition) is 4. The first-order valence-corrected chi connectivity index (χ1v) is 5.68. The lowest BCUT2D eigenvalue weighted by Gasteiger charge is -2.17. The van der Waals surface area contributed by atoms with Crippen LogP contribution in [0.4, 0.5) is 0 Å². The van der Waals surface area contributed by atoms with Gasteiger partial charge in [-0.2, -0.15) is 0 Å². The van der Waals surface area contributed by atoms with Crippen LogP contribution in [-0.4, -0.2) is 26.9 Å². The normalized spacial score (nSPS) is 28.5. The van der Waals surface area contributed by atoms with Crippen molar-refractivity contribution in [3.63, 3.8) is 0 Å². The first-order valence-electron chi connectivity index (χ1n) is 5.68. The molecule has 1 saturated heterocycles. The number of ether oxygens (including phenoxy) is 1. The highest BCUT2D eigenvalue weighted by molar-refractivity contribution is 5.02. The highest BCUT2D eigenvalue weighted by atomic mass is 16.5. The molecule has 0 spiro atoms. The smallest absolute Gasteiger partial charge is 0.330 e. The minimum Gasteiger partial charge on any atom is -0.388 e. The van der Waals surface area contributed by atoms with Crippen molar-refractivity contribution in [2.24, 2.45) is 0 Å². The van der Waals surface area contributed by atoms with E-state index in [1.54, 1.807) is 6.92 Å². The number of aryl methyl sites for hydroxylation is 1. The molecule has 94 valence electrons. The van der Waals surface area contributed by atoms with E-state index in [2.05, 4.69) is 4.98 Å². The van der Waals surface area contributed by atoms with E-state index in [0.29, 0.717) is 12.0 Å². The summed E-state index contributed by atoms with van der Waals surface area (Å²) in [4.78, 5) is 25.1. The zero-order valence-corrected chi connectivity index (χ0v) is 9.84. The van der Waals surface area contributed by atoms with Crippen LogP contribution in [0.2, 0.25) is 0 Å². The highest BCUT2D eigenvalue weighted by Crippen LogP contribution is 2.29. The fraction of sp³-hybridized carbons (Fsp3) is 0.636. The molecule has 1 fully saturated rings. The van der Waals surface area contributed by atoms with Crippen LogP contribution in [0, 0.1) is 6.92 Å². The Morgan fingerprint density at radius 3 is 2.88 bits per heavy atom. The van der Waals surface area contributed by atoms with E-state index in [1.165, 1.54) is 10.8 Å². The van der Waals surface area contributed by atoms with Gasteiger partial charge in [-0.25, -0.2) is 4.79 Å². The molecule has 2 rings (SSSR count). The zero-order valence-electron chi connectivity index (χ0n) is 9.84. The Morgan fingerprint density at radius 2 is 2.29 bits per heavy atom. The Kier molecular flexibility index (Phi) is 3.17. The Bertz CT molecular complexity index is 519. The molecule has 0 saturated carbocycles. The number of aromatic amines is 1. The molecule has 1 unspecified atom stereocenters. The summed E-state index contributed by atoms with van der Waals surface area (Å²) in [6.45, 7) is 3.56. The number of aliphatic hydroxyl groups excluding tert-OH is 1. The van der Waals surface area contributed by atoms with Crippen LogP contribution in [0.1, 0.15) is 31.6 Å². The van der Waals surface area contributed by atoms with Crippen LogP contribution >= 0.6 is 0 Å². The lowest BCUT2D eigenvalue weighted by molar-refractivity contribution is -0.0405. The average molecular weight is 240 g/mol. The molecule has 0 aromatic carbocycles. The molecule has 1 aromatic heterocycles. The third-order valence-electron chi connectivity index (χ3n) is 3.04. The summed E-state index contributed by atoms with van der Waals surface area (Å²) in [5, 5.41) is 9.85. The minimum atomic E-state index is -0.719. The molecule has 0 amide bonds. The molecule has 1 aromatic rings. The van der Waals surface area contributed by atoms with Gasteiger partial charge in [0.25, 0.3) is 5.56 Å². The predicted molar refractivity (Wildman–Crippen MR) is 60.9 cm³/mol. The van der Waals surface area contributed by atoms with Gasteiger partial charge in [-0.3, -0.25) is 14.3 Å². The van der Waals surface area contributed by atoms with Gasteiger partial charge in [-0.15, -0.1) is 0 Å². The third-order valence-corrected chi connectivity index (χ3v) is 3.04. The van der Waals surface area contributed by atoms with Gasteiger partial charge in [-0.1, -0.05) is 6.92 Å². The van der Waals surface area contributed by atoms with Crippen molar-refractivity contribution in [1.82, 2.24) is 9.55 Å². The summed E-state index contributed by atoms with van der Waals surface area (Å²) in [6.07, 6.45) is 1.24. The van der Waals surface area contributed by atoms with Crippen LogP contribution in [-0.2, 0) is 4.74 Å². The molecule has 6 heteroatoms. The molecule has 0 aliphatic carbocycles. The monoisotopic (exact) mass is 240 g/mol. The van der Waals surface area contributed by atoms with Gasteiger partial charge in [0.2, 0.25) is 0 Å². The number of rotatable bonds is 2. The molecule has 2 heterocycles. The van der Waals surface area contributed by atoms with E-state index in [-0.39, 0.29) is 6.10 Å². The molecule has 1 aliphatic rings. The zero-order chi connectivity index (χ0) is 12.6. The van der Waals surface area contributed by atoms with Crippen molar-refractivity contribution in [2.75, 3.05) is 0 Å². The lowest BCUT2D eigenvalue weighted by atomic mass is 10.1. The van der Waals surface area contributed by atoms with Crippen molar-refractivity contribution in [1.29, 1.82) is 0 Å². The van der Waals surface area contributed by atoms with Gasteiger partial charge < -0.3 is 9.84 Å². The Morgan fingerprint density at radius 1 is 1.59 bits per heavy atom. The number of hydrogen-bond donors (Lipinski definition) is 2. The molecule has 0 radical (unpaired) electrons. The summed E-state index contributed by atoms with van der Waals surface area (Å²) >= 11 is 0. The minimum absolute atomic E-state index is 0.0471. The van der Waals surface area contributed by atoms with Crippen molar-refractivity contribution in [2.45, 2.75) is 45.1 Å². The Balaban J connectivity index is 2.38. The van der Waals surface area contributed by atoms with Crippen LogP contribution < -0.4 is 11.2 Å². The van der Waals surface area contributed by atoms with Gasteiger partial charge in [0.05, 0.1) is 6.10 Å². The number of nitrogens with zero attached hydrogens (tertiary/aromatic N) is 1. The highest BCUT2D eigenvalue weighted by Gasteiger charge is 2.34. The molecule has 6 nitrogen and oxygen atoms in total. The molecule has 0 bridgehead atoms. The summed E-state index contributed by atoms with van der Waals surface area (Å²) in [5.74, 6) is 0. The molecular weight excluding hydrogens is 224 g/mol. The van der Waals surface area contributed by atoms with E-state index in [9.17, 15) is 14.7 Å². The van der Waals surface area contributed by atoms with Crippen molar-refractivity contribution < 1.29 is 9.84 Å². The van der Waals surface area contributed by atoms with Gasteiger partial charge in [0, 0.05) is 18.2 Å². The maximum absolute atomic E-state index is 11.6. The second kappa shape index (κ2) is 4.46. The molecule has 1 aliphatic heterocycles. The molecule has 3 atom stereocenters. The van der Waals surface area contributed by atoms with Crippen LogP contribution in [0.3, 0.4) is 0 Å². The quantitative estimate of drug-likeness (QED) is 0.756. The van der Waals surface area contributed by atoms with E-state index >= 15 is 0 Å². The maximum atomic E-state index is 11.6. The Labute approximate surface area is 97.9 Å². The van der Waals surface area contributed by atoms with Gasteiger partial charge >= 0.3 is 5.69 Å². The summed E-state index contributed by atoms with van der Waals surface area (Å²) in [6, 6.07) is 0. The number of aliphatic hydroxyl groups is 1. The lowest BCUT2D eigenvalue weighted by Crippen LogP contribution is -2.36. The molecule has 2 N–H and O–H groups in total. The fourth-order valence-electron chi connectivity index (χ4n) is 2.02. The second-order valence-electron chi connectivity index (χ2n) is 4.34. The number of aromatic nitrogens is 2. The first-order chi connectivity index (χ1) is 8.02. The average Bonchev–Trinajstić information content (AvgIpc) is 2.65. The number of nitrogens with one attached hydrogen (secondary N) is 1. The molecular formula is C11H16N2O4. The van der Waals surface area contributed by atoms with Gasteiger partial charge in [0.15, 0.2) is 6.23 Å². The first kappa shape index (κ1) is 12.1. The van der Waals surface area contributed by atoms with Crippen LogP contribution in [0.25, 0.3) is 0 Å². The standard InChI is InChI=1S/C11H16N2O4/c1-3-7-4-8(14)10(17-7)13-5-6(2)9(15)12-11(13)16/h5,7-8,10,14H,3-4H2,1-2H3,(H,12,15,16)/t7-,8?,10-/m1/s1. The molecule has 17 heavy (non-hydrogen) atoms. The summed E-state index contributed by atoms with van der Waals surface area (Å²) in [5.41, 5.74) is -0.549. The van der Waals surface area contributed by atoms with Crippen molar-refractivity contribution in [3.05, 3.63) is 32.6 Å². The third kappa shape index (κ3) is 2.18. The van der Waals surface area contributed by atoms with Crippen molar-refractivity contribution >= 4 is 0 Å². The van der Waals surface area contributed by atoms with Gasteiger partial charge in [0.1, 0.15) is 6.10 Å². The largest absolute Gasteiger partial charge is 0.388 e. The summed E-state index contributed by atoms with van der Waals surface area (Å²) < 4.78 is 6.82. The number of H-pyrrole nitrogens is 1. The predicted octanol–water partition coefficient (Wildman–Crippen LogP) is -0.0966. The van der Waals surface area contributed by atoms with E-state index in [0.717, 1.165) is 6.42 Å².